The number of aryl methyl sites for hydroxylation is 1. The van der Waals surface area contributed by atoms with E-state index in [0.717, 1.165) is 11.5 Å². The van der Waals surface area contributed by atoms with Crippen molar-refractivity contribution in [1.82, 2.24) is 9.59 Å². The molecule has 3 rings (SSSR count). The number of amides is 1. The van der Waals surface area contributed by atoms with Gasteiger partial charge in [-0.15, -0.1) is 5.10 Å². The average molecular weight is 439 g/mol. The van der Waals surface area contributed by atoms with Gasteiger partial charge in [-0.05, 0) is 54.4 Å². The standard InChI is InChI=1S/C17H15ClN4O4S2/c1-2-13-16(27-22-20-13)17(24)19-14-9-12(6-7-15(14)23)28(25,26)21-11-5-3-4-10(18)8-11/h3-9,21,23H,2H2,1H3,(H,19,24). The molecule has 0 fully saturated rings. The number of nitrogens with one attached hydrogen (secondary N) is 2. The minimum Gasteiger partial charge on any atom is -0.506 e. The van der Waals surface area contributed by atoms with E-state index < -0.39 is 15.9 Å². The molecule has 146 valence electrons. The number of aromatic nitrogens is 2. The molecule has 1 heterocycles. The van der Waals surface area contributed by atoms with E-state index in [1.807, 2.05) is 6.92 Å². The molecule has 0 aliphatic carbocycles. The Morgan fingerprint density at radius 3 is 2.75 bits per heavy atom. The third kappa shape index (κ3) is 4.41. The number of carbonyl (C=O) groups is 1. The largest absolute Gasteiger partial charge is 0.506 e. The van der Waals surface area contributed by atoms with Gasteiger partial charge in [0.1, 0.15) is 10.6 Å². The molecule has 0 spiro atoms. The Morgan fingerprint density at radius 2 is 2.04 bits per heavy atom. The summed E-state index contributed by atoms with van der Waals surface area (Å²) < 4.78 is 31.4. The van der Waals surface area contributed by atoms with Crippen molar-refractivity contribution in [2.75, 3.05) is 10.0 Å². The van der Waals surface area contributed by atoms with Crippen LogP contribution in [0.3, 0.4) is 0 Å². The van der Waals surface area contributed by atoms with E-state index in [2.05, 4.69) is 19.6 Å². The highest BCUT2D eigenvalue weighted by Gasteiger charge is 2.20. The second-order valence-corrected chi connectivity index (χ2v) is 8.52. The van der Waals surface area contributed by atoms with Gasteiger partial charge in [0.15, 0.2) is 0 Å². The van der Waals surface area contributed by atoms with Crippen LogP contribution in [0.15, 0.2) is 47.4 Å². The number of phenolic OH excluding ortho intramolecular Hbond substituents is 1. The zero-order valence-corrected chi connectivity index (χ0v) is 16.9. The van der Waals surface area contributed by atoms with Gasteiger partial charge >= 0.3 is 0 Å². The monoisotopic (exact) mass is 438 g/mol. The van der Waals surface area contributed by atoms with Crippen LogP contribution in [0.1, 0.15) is 22.3 Å². The number of phenols is 1. The van der Waals surface area contributed by atoms with Crippen molar-refractivity contribution in [2.45, 2.75) is 18.2 Å². The Balaban J connectivity index is 1.87. The smallest absolute Gasteiger partial charge is 0.269 e. The SMILES string of the molecule is CCc1nnsc1C(=O)Nc1cc(S(=O)(=O)Nc2cccc(Cl)c2)ccc1O. The van der Waals surface area contributed by atoms with Gasteiger partial charge in [0, 0.05) is 5.02 Å². The van der Waals surface area contributed by atoms with E-state index in [-0.39, 0.29) is 22.0 Å². The number of anilines is 2. The number of benzene rings is 2. The molecule has 0 unspecified atom stereocenters. The van der Waals surface area contributed by atoms with Gasteiger partial charge in [-0.2, -0.15) is 0 Å². The number of aromatic hydroxyl groups is 1. The lowest BCUT2D eigenvalue weighted by atomic mass is 10.2. The number of hydrogen-bond acceptors (Lipinski definition) is 7. The second kappa shape index (κ2) is 8.13. The quantitative estimate of drug-likeness (QED) is 0.506. The predicted octanol–water partition coefficient (Wildman–Crippen LogP) is 3.51. The fourth-order valence-corrected chi connectivity index (χ4v) is 4.25. The number of hydrogen-bond donors (Lipinski definition) is 3. The molecule has 0 saturated carbocycles. The summed E-state index contributed by atoms with van der Waals surface area (Å²) in [7, 11) is -3.96. The molecule has 0 radical (unpaired) electrons. The highest BCUT2D eigenvalue weighted by atomic mass is 35.5. The molecule has 0 bridgehead atoms. The van der Waals surface area contributed by atoms with Gasteiger partial charge in [0.2, 0.25) is 0 Å². The van der Waals surface area contributed by atoms with Crippen molar-refractivity contribution in [1.29, 1.82) is 0 Å². The molecule has 28 heavy (non-hydrogen) atoms. The lowest BCUT2D eigenvalue weighted by Crippen LogP contribution is -2.15. The van der Waals surface area contributed by atoms with Crippen molar-refractivity contribution < 1.29 is 18.3 Å². The molecule has 1 aromatic heterocycles. The van der Waals surface area contributed by atoms with Crippen LogP contribution in [0.5, 0.6) is 5.75 Å². The Labute approximate surface area is 170 Å². The van der Waals surface area contributed by atoms with Crippen LogP contribution in [-0.2, 0) is 16.4 Å². The van der Waals surface area contributed by atoms with Crippen molar-refractivity contribution in [3.63, 3.8) is 0 Å². The summed E-state index contributed by atoms with van der Waals surface area (Å²) in [6.45, 7) is 1.83. The fraction of sp³-hybridized carbons (Fsp3) is 0.118. The predicted molar refractivity (Wildman–Crippen MR) is 108 cm³/mol. The number of rotatable bonds is 6. The molecule has 8 nitrogen and oxygen atoms in total. The summed E-state index contributed by atoms with van der Waals surface area (Å²) >= 11 is 6.79. The first kappa shape index (κ1) is 20.1. The van der Waals surface area contributed by atoms with E-state index >= 15 is 0 Å². The minimum atomic E-state index is -3.96. The lowest BCUT2D eigenvalue weighted by Gasteiger charge is -2.11. The second-order valence-electron chi connectivity index (χ2n) is 5.65. The molecule has 0 saturated heterocycles. The highest BCUT2D eigenvalue weighted by molar-refractivity contribution is 7.92. The van der Waals surface area contributed by atoms with E-state index in [1.54, 1.807) is 18.2 Å². The molecular formula is C17H15ClN4O4S2. The van der Waals surface area contributed by atoms with Crippen LogP contribution in [-0.4, -0.2) is 29.0 Å². The number of nitrogens with zero attached hydrogens (tertiary/aromatic N) is 2. The van der Waals surface area contributed by atoms with Crippen LogP contribution in [0.25, 0.3) is 0 Å². The first-order chi connectivity index (χ1) is 13.3. The molecule has 0 aliphatic heterocycles. The van der Waals surface area contributed by atoms with Crippen LogP contribution in [0.2, 0.25) is 5.02 Å². The van der Waals surface area contributed by atoms with Gasteiger partial charge < -0.3 is 10.4 Å². The first-order valence-corrected chi connectivity index (χ1v) is 10.7. The van der Waals surface area contributed by atoms with Crippen molar-refractivity contribution in [3.05, 3.63) is 58.1 Å². The van der Waals surface area contributed by atoms with Gasteiger partial charge in [0.05, 0.1) is 22.0 Å². The molecular weight excluding hydrogens is 424 g/mol. The van der Waals surface area contributed by atoms with Crippen LogP contribution < -0.4 is 10.0 Å². The maximum atomic E-state index is 12.6. The number of halogens is 1. The third-order valence-corrected chi connectivity index (χ3v) is 6.08. The van der Waals surface area contributed by atoms with Crippen molar-refractivity contribution in [3.8, 4) is 5.75 Å². The van der Waals surface area contributed by atoms with Crippen LogP contribution >= 0.6 is 23.1 Å². The summed E-state index contributed by atoms with van der Waals surface area (Å²) in [6.07, 6.45) is 0.517. The topological polar surface area (TPSA) is 121 Å². The highest BCUT2D eigenvalue weighted by Crippen LogP contribution is 2.29. The van der Waals surface area contributed by atoms with E-state index in [4.69, 9.17) is 11.6 Å². The minimum absolute atomic E-state index is 0.0468. The molecule has 0 atom stereocenters. The van der Waals surface area contributed by atoms with Gasteiger partial charge in [-0.3, -0.25) is 9.52 Å². The summed E-state index contributed by atoms with van der Waals surface area (Å²) in [5.41, 5.74) is 0.761. The van der Waals surface area contributed by atoms with Crippen LogP contribution in [0, 0.1) is 0 Å². The fourth-order valence-electron chi connectivity index (χ4n) is 2.34. The maximum absolute atomic E-state index is 12.6. The molecule has 3 aromatic rings. The van der Waals surface area contributed by atoms with Gasteiger partial charge in [-0.25, -0.2) is 8.42 Å². The average Bonchev–Trinajstić information content (AvgIpc) is 3.12. The van der Waals surface area contributed by atoms with E-state index in [1.165, 1.54) is 24.3 Å². The molecule has 0 aliphatic rings. The van der Waals surface area contributed by atoms with E-state index in [9.17, 15) is 18.3 Å². The molecule has 2 aromatic carbocycles. The number of sulfonamides is 1. The van der Waals surface area contributed by atoms with Crippen molar-refractivity contribution >= 4 is 50.4 Å². The summed E-state index contributed by atoms with van der Waals surface area (Å²) in [5, 5.41) is 16.8. The lowest BCUT2D eigenvalue weighted by molar-refractivity contribution is 0.102. The van der Waals surface area contributed by atoms with Crippen molar-refractivity contribution in [2.24, 2.45) is 0 Å². The van der Waals surface area contributed by atoms with Crippen LogP contribution in [0.4, 0.5) is 11.4 Å². The Morgan fingerprint density at radius 1 is 1.25 bits per heavy atom. The Kier molecular flexibility index (Phi) is 5.82. The summed E-state index contributed by atoms with van der Waals surface area (Å²) in [4.78, 5) is 12.6. The number of carbonyl (C=O) groups excluding carboxylic acids is 1. The molecule has 11 heteroatoms. The Hall–Kier alpha value is -2.69. The zero-order chi connectivity index (χ0) is 20.3. The maximum Gasteiger partial charge on any atom is 0.269 e. The Bertz CT molecular complexity index is 1130. The van der Waals surface area contributed by atoms with Gasteiger partial charge in [-0.1, -0.05) is 29.1 Å². The first-order valence-electron chi connectivity index (χ1n) is 8.04. The summed E-state index contributed by atoms with van der Waals surface area (Å²) in [5.74, 6) is -0.801. The molecule has 3 N–H and O–H groups in total. The normalized spacial score (nSPS) is 11.2. The zero-order valence-electron chi connectivity index (χ0n) is 14.5. The summed E-state index contributed by atoms with van der Waals surface area (Å²) in [6, 6.07) is 9.82. The van der Waals surface area contributed by atoms with Gasteiger partial charge in [0.25, 0.3) is 15.9 Å². The molecule has 1 amide bonds. The van der Waals surface area contributed by atoms with E-state index in [0.29, 0.717) is 22.0 Å². The third-order valence-electron chi connectivity index (χ3n) is 3.70.